The molecule has 0 aromatic heterocycles. The van der Waals surface area contributed by atoms with Gasteiger partial charge in [-0.2, -0.15) is 0 Å². The van der Waals surface area contributed by atoms with E-state index in [-0.39, 0.29) is 0 Å². The Morgan fingerprint density at radius 2 is 2.00 bits per heavy atom. The summed E-state index contributed by atoms with van der Waals surface area (Å²) < 4.78 is 0. The summed E-state index contributed by atoms with van der Waals surface area (Å²) in [7, 11) is 0. The van der Waals surface area contributed by atoms with E-state index < -0.39 is 0 Å². The van der Waals surface area contributed by atoms with Gasteiger partial charge in [0.1, 0.15) is 18.3 Å². The molecular weight excluding hydrogens is 224 g/mol. The van der Waals surface area contributed by atoms with Crippen molar-refractivity contribution in [3.05, 3.63) is 47.3 Å². The first kappa shape index (κ1) is 11.0. The monoisotopic (exact) mass is 240 g/mol. The van der Waals surface area contributed by atoms with Gasteiger partial charge in [-0.1, -0.05) is 30.3 Å². The maximum absolute atomic E-state index is 5.87. The molecule has 0 unspecified atom stereocenters. The second-order valence-electron chi connectivity index (χ2n) is 4.55. The SMILES string of the molecule is NC1=NCNC2=C1CC(CCc1ccccc1)=N2. The lowest BCUT2D eigenvalue weighted by Gasteiger charge is -2.11. The van der Waals surface area contributed by atoms with E-state index in [4.69, 9.17) is 5.73 Å². The molecule has 0 fully saturated rings. The smallest absolute Gasteiger partial charge is 0.134 e. The van der Waals surface area contributed by atoms with Crippen molar-refractivity contribution in [2.45, 2.75) is 19.3 Å². The van der Waals surface area contributed by atoms with E-state index in [0.29, 0.717) is 12.5 Å². The van der Waals surface area contributed by atoms with Crippen LogP contribution in [0.5, 0.6) is 0 Å². The Bertz CT molecular complexity index is 540. The van der Waals surface area contributed by atoms with Gasteiger partial charge < -0.3 is 11.1 Å². The van der Waals surface area contributed by atoms with Crippen LogP contribution in [0.1, 0.15) is 18.4 Å². The average molecular weight is 240 g/mol. The molecule has 1 aromatic rings. The molecule has 2 heterocycles. The summed E-state index contributed by atoms with van der Waals surface area (Å²) in [6.07, 6.45) is 2.84. The van der Waals surface area contributed by atoms with E-state index in [2.05, 4.69) is 39.6 Å². The van der Waals surface area contributed by atoms with Crippen LogP contribution in [0.15, 0.2) is 51.7 Å². The van der Waals surface area contributed by atoms with Gasteiger partial charge in [-0.15, -0.1) is 0 Å². The molecule has 0 bridgehead atoms. The summed E-state index contributed by atoms with van der Waals surface area (Å²) in [5.41, 5.74) is 9.47. The highest BCUT2D eigenvalue weighted by atomic mass is 15.2. The van der Waals surface area contributed by atoms with Gasteiger partial charge in [0, 0.05) is 17.7 Å². The van der Waals surface area contributed by atoms with Crippen LogP contribution in [0.25, 0.3) is 0 Å². The van der Waals surface area contributed by atoms with E-state index in [0.717, 1.165) is 30.7 Å². The number of benzene rings is 1. The maximum Gasteiger partial charge on any atom is 0.134 e. The minimum absolute atomic E-state index is 0.542. The van der Waals surface area contributed by atoms with E-state index in [1.54, 1.807) is 0 Å². The summed E-state index contributed by atoms with van der Waals surface area (Å²) >= 11 is 0. The second kappa shape index (κ2) is 4.64. The number of hydrogen-bond donors (Lipinski definition) is 2. The molecule has 2 aliphatic heterocycles. The van der Waals surface area contributed by atoms with Crippen LogP contribution in [-0.2, 0) is 6.42 Å². The fraction of sp³-hybridized carbons (Fsp3) is 0.286. The van der Waals surface area contributed by atoms with E-state index >= 15 is 0 Å². The quantitative estimate of drug-likeness (QED) is 0.842. The molecule has 0 saturated carbocycles. The highest BCUT2D eigenvalue weighted by Gasteiger charge is 2.22. The van der Waals surface area contributed by atoms with Gasteiger partial charge in [-0.05, 0) is 18.4 Å². The van der Waals surface area contributed by atoms with E-state index in [1.807, 2.05) is 6.07 Å². The molecule has 2 aliphatic rings. The molecule has 92 valence electrons. The zero-order valence-electron chi connectivity index (χ0n) is 10.2. The predicted octanol–water partition coefficient (Wildman–Crippen LogP) is 1.59. The zero-order chi connectivity index (χ0) is 12.4. The molecule has 0 amide bonds. The third-order valence-electron chi connectivity index (χ3n) is 3.29. The summed E-state index contributed by atoms with van der Waals surface area (Å²) in [4.78, 5) is 8.78. The van der Waals surface area contributed by atoms with Crippen molar-refractivity contribution in [1.29, 1.82) is 0 Å². The Morgan fingerprint density at radius 3 is 2.78 bits per heavy atom. The molecule has 1 aromatic carbocycles. The fourth-order valence-electron chi connectivity index (χ4n) is 2.28. The number of amidine groups is 1. The lowest BCUT2D eigenvalue weighted by molar-refractivity contribution is 0.796. The Morgan fingerprint density at radius 1 is 1.17 bits per heavy atom. The number of nitrogens with zero attached hydrogens (tertiary/aromatic N) is 2. The minimum atomic E-state index is 0.542. The molecule has 4 nitrogen and oxygen atoms in total. The van der Waals surface area contributed by atoms with Crippen LogP contribution in [-0.4, -0.2) is 18.2 Å². The van der Waals surface area contributed by atoms with Crippen molar-refractivity contribution < 1.29 is 0 Å². The Hall–Kier alpha value is -2.10. The first-order valence-corrected chi connectivity index (χ1v) is 6.20. The van der Waals surface area contributed by atoms with Crippen molar-refractivity contribution in [3.63, 3.8) is 0 Å². The number of aliphatic imine (C=N–C) groups is 2. The summed E-state index contributed by atoms with van der Waals surface area (Å²) in [5, 5.41) is 3.16. The van der Waals surface area contributed by atoms with Crippen molar-refractivity contribution in [2.24, 2.45) is 15.7 Å². The first-order chi connectivity index (χ1) is 8.83. The van der Waals surface area contributed by atoms with Crippen LogP contribution >= 0.6 is 0 Å². The van der Waals surface area contributed by atoms with Crippen LogP contribution in [0, 0.1) is 0 Å². The molecule has 0 saturated heterocycles. The third kappa shape index (κ3) is 2.14. The van der Waals surface area contributed by atoms with Crippen molar-refractivity contribution in [3.8, 4) is 0 Å². The molecule has 0 aliphatic carbocycles. The number of hydrogen-bond acceptors (Lipinski definition) is 4. The Kier molecular flexibility index (Phi) is 2.84. The second-order valence-corrected chi connectivity index (χ2v) is 4.55. The number of nitrogens with one attached hydrogen (secondary N) is 1. The van der Waals surface area contributed by atoms with Crippen molar-refractivity contribution >= 4 is 11.5 Å². The molecule has 4 heteroatoms. The van der Waals surface area contributed by atoms with Gasteiger partial charge in [0.25, 0.3) is 0 Å². The van der Waals surface area contributed by atoms with Crippen LogP contribution in [0.3, 0.4) is 0 Å². The molecule has 3 N–H and O–H groups in total. The van der Waals surface area contributed by atoms with Crippen LogP contribution < -0.4 is 11.1 Å². The first-order valence-electron chi connectivity index (χ1n) is 6.20. The Balaban J connectivity index is 1.63. The van der Waals surface area contributed by atoms with Gasteiger partial charge in [-0.3, -0.25) is 0 Å². The average Bonchev–Trinajstić information content (AvgIpc) is 2.82. The number of nitrogens with two attached hydrogens (primary N) is 1. The molecule has 18 heavy (non-hydrogen) atoms. The lowest BCUT2D eigenvalue weighted by atomic mass is 10.0. The molecule has 0 radical (unpaired) electrons. The van der Waals surface area contributed by atoms with Crippen LogP contribution in [0.2, 0.25) is 0 Å². The van der Waals surface area contributed by atoms with Gasteiger partial charge >= 0.3 is 0 Å². The number of rotatable bonds is 3. The molecule has 3 rings (SSSR count). The van der Waals surface area contributed by atoms with E-state index in [1.165, 1.54) is 11.3 Å². The topological polar surface area (TPSA) is 62.8 Å². The van der Waals surface area contributed by atoms with Crippen molar-refractivity contribution in [2.75, 3.05) is 6.67 Å². The standard InChI is InChI=1S/C14H16N4/c15-13-12-8-11(18-14(12)17-9-16-13)7-6-10-4-2-1-3-5-10/h1-5,17H,6-9H2,(H2,15,16). The van der Waals surface area contributed by atoms with Gasteiger partial charge in [-0.25, -0.2) is 9.98 Å². The molecule has 0 atom stereocenters. The molecule has 0 spiro atoms. The number of aryl methyl sites for hydroxylation is 1. The Labute approximate surface area is 106 Å². The summed E-state index contributed by atoms with van der Waals surface area (Å²) in [6, 6.07) is 10.5. The predicted molar refractivity (Wildman–Crippen MR) is 73.5 cm³/mol. The maximum atomic E-state index is 5.87. The fourth-order valence-corrected chi connectivity index (χ4v) is 2.28. The van der Waals surface area contributed by atoms with Crippen molar-refractivity contribution in [1.82, 2.24) is 5.32 Å². The highest BCUT2D eigenvalue weighted by Crippen LogP contribution is 2.22. The largest absolute Gasteiger partial charge is 0.384 e. The van der Waals surface area contributed by atoms with Gasteiger partial charge in [0.15, 0.2) is 0 Å². The highest BCUT2D eigenvalue weighted by molar-refractivity contribution is 6.06. The minimum Gasteiger partial charge on any atom is -0.384 e. The van der Waals surface area contributed by atoms with Crippen LogP contribution in [0.4, 0.5) is 0 Å². The lowest BCUT2D eigenvalue weighted by Crippen LogP contribution is -2.27. The normalized spacial score (nSPS) is 18.0. The zero-order valence-corrected chi connectivity index (χ0v) is 10.2. The van der Waals surface area contributed by atoms with Gasteiger partial charge in [0.2, 0.25) is 0 Å². The van der Waals surface area contributed by atoms with Gasteiger partial charge in [0.05, 0.1) is 0 Å². The third-order valence-corrected chi connectivity index (χ3v) is 3.29. The van der Waals surface area contributed by atoms with E-state index in [9.17, 15) is 0 Å². The molecular formula is C14H16N4. The summed E-state index contributed by atoms with van der Waals surface area (Å²) in [5.74, 6) is 1.56. The summed E-state index contributed by atoms with van der Waals surface area (Å²) in [6.45, 7) is 0.542.